The van der Waals surface area contributed by atoms with Crippen LogP contribution >= 0.6 is 0 Å². The Morgan fingerprint density at radius 3 is 2.18 bits per heavy atom. The van der Waals surface area contributed by atoms with Crippen molar-refractivity contribution in [3.8, 4) is 0 Å². The van der Waals surface area contributed by atoms with E-state index in [4.69, 9.17) is 16.0 Å². The van der Waals surface area contributed by atoms with Crippen molar-refractivity contribution in [2.45, 2.75) is 6.18 Å². The molecule has 0 aliphatic carbocycles. The van der Waals surface area contributed by atoms with Gasteiger partial charge in [-0.3, -0.25) is 0 Å². The minimum Gasteiger partial charge on any atom is -0.478 e. The van der Waals surface area contributed by atoms with Gasteiger partial charge in [0.15, 0.2) is 5.84 Å². The smallest absolute Gasteiger partial charge is 0.416 e. The van der Waals surface area contributed by atoms with Crippen molar-refractivity contribution in [2.24, 2.45) is 10.9 Å². The summed E-state index contributed by atoms with van der Waals surface area (Å²) in [5, 5.41) is 19.5. The van der Waals surface area contributed by atoms with Crippen molar-refractivity contribution in [1.82, 2.24) is 0 Å². The van der Waals surface area contributed by atoms with E-state index < -0.39 is 29.1 Å². The lowest BCUT2D eigenvalue weighted by molar-refractivity contribution is -0.137. The predicted octanol–water partition coefficient (Wildman–Crippen LogP) is 1.50. The molecule has 4 N–H and O–H groups in total. The van der Waals surface area contributed by atoms with E-state index in [0.29, 0.717) is 12.1 Å². The maximum Gasteiger partial charge on any atom is 0.416 e. The molecule has 0 aliphatic heterocycles. The molecule has 0 saturated heterocycles. The largest absolute Gasteiger partial charge is 0.478 e. The van der Waals surface area contributed by atoms with Gasteiger partial charge in [-0.15, -0.1) is 0 Å². The quantitative estimate of drug-likeness (QED) is 0.320. The molecule has 92 valence electrons. The molecule has 0 atom stereocenters. The average Bonchev–Trinajstić information content (AvgIpc) is 2.26. The van der Waals surface area contributed by atoms with Crippen LogP contribution in [0.3, 0.4) is 0 Å². The molecule has 0 spiro atoms. The summed E-state index contributed by atoms with van der Waals surface area (Å²) in [6.07, 6.45) is -4.71. The zero-order chi connectivity index (χ0) is 13.2. The number of alkyl halides is 3. The van der Waals surface area contributed by atoms with Crippen LogP contribution in [0.5, 0.6) is 0 Å². The van der Waals surface area contributed by atoms with Gasteiger partial charge < -0.3 is 16.0 Å². The molecule has 8 heteroatoms. The van der Waals surface area contributed by atoms with E-state index in [1.54, 1.807) is 0 Å². The van der Waals surface area contributed by atoms with Gasteiger partial charge in [-0.05, 0) is 18.2 Å². The van der Waals surface area contributed by atoms with Crippen molar-refractivity contribution in [3.63, 3.8) is 0 Å². The highest BCUT2D eigenvalue weighted by atomic mass is 19.4. The molecule has 0 fully saturated rings. The summed E-state index contributed by atoms with van der Waals surface area (Å²) >= 11 is 0. The molecule has 17 heavy (non-hydrogen) atoms. The van der Waals surface area contributed by atoms with Crippen LogP contribution in [0.4, 0.5) is 13.2 Å². The van der Waals surface area contributed by atoms with E-state index in [-0.39, 0.29) is 5.56 Å². The lowest BCUT2D eigenvalue weighted by Crippen LogP contribution is -2.16. The zero-order valence-electron chi connectivity index (χ0n) is 8.19. The zero-order valence-corrected chi connectivity index (χ0v) is 8.19. The van der Waals surface area contributed by atoms with Gasteiger partial charge in [0.2, 0.25) is 0 Å². The summed E-state index contributed by atoms with van der Waals surface area (Å²) in [6.45, 7) is 0. The Kier molecular flexibility index (Phi) is 3.26. The Hall–Kier alpha value is -2.25. The highest BCUT2D eigenvalue weighted by Crippen LogP contribution is 2.30. The van der Waals surface area contributed by atoms with Gasteiger partial charge in [0, 0.05) is 5.56 Å². The number of benzene rings is 1. The molecular weight excluding hydrogens is 241 g/mol. The van der Waals surface area contributed by atoms with Crippen molar-refractivity contribution < 1.29 is 28.3 Å². The first-order chi connectivity index (χ1) is 7.75. The first kappa shape index (κ1) is 12.8. The number of oxime groups is 1. The highest BCUT2D eigenvalue weighted by Gasteiger charge is 2.32. The van der Waals surface area contributed by atoms with Crippen LogP contribution in [-0.4, -0.2) is 22.1 Å². The van der Waals surface area contributed by atoms with Crippen LogP contribution < -0.4 is 5.73 Å². The third kappa shape index (κ3) is 2.86. The number of aromatic carboxylic acids is 1. The summed E-state index contributed by atoms with van der Waals surface area (Å²) in [6, 6.07) is 1.95. The predicted molar refractivity (Wildman–Crippen MR) is 50.9 cm³/mol. The van der Waals surface area contributed by atoms with E-state index in [1.807, 2.05) is 0 Å². The Bertz CT molecular complexity index is 483. The summed E-state index contributed by atoms with van der Waals surface area (Å²) in [7, 11) is 0. The first-order valence-electron chi connectivity index (χ1n) is 4.19. The van der Waals surface area contributed by atoms with Crippen LogP contribution in [0.15, 0.2) is 23.4 Å². The molecule has 0 bridgehead atoms. The SMILES string of the molecule is N/C(=N\O)c1cc(C(=O)O)cc(C(F)(F)F)c1. The Labute approximate surface area is 93.0 Å². The lowest BCUT2D eigenvalue weighted by atomic mass is 10.0. The number of nitrogens with two attached hydrogens (primary N) is 1. The van der Waals surface area contributed by atoms with Crippen LogP contribution in [-0.2, 0) is 6.18 Å². The molecule has 0 saturated carbocycles. The van der Waals surface area contributed by atoms with E-state index in [2.05, 4.69) is 5.16 Å². The lowest BCUT2D eigenvalue weighted by Gasteiger charge is -2.09. The van der Waals surface area contributed by atoms with E-state index in [9.17, 15) is 18.0 Å². The molecule has 0 radical (unpaired) electrons. The second-order valence-corrected chi connectivity index (χ2v) is 3.09. The molecular formula is C9H7F3N2O3. The normalized spacial score (nSPS) is 12.5. The second kappa shape index (κ2) is 4.32. The first-order valence-corrected chi connectivity index (χ1v) is 4.19. The number of hydrogen-bond acceptors (Lipinski definition) is 3. The third-order valence-corrected chi connectivity index (χ3v) is 1.91. The fourth-order valence-electron chi connectivity index (χ4n) is 1.12. The summed E-state index contributed by atoms with van der Waals surface area (Å²) < 4.78 is 37.3. The van der Waals surface area contributed by atoms with Gasteiger partial charge >= 0.3 is 12.1 Å². The molecule has 0 unspecified atom stereocenters. The molecule has 0 aliphatic rings. The van der Waals surface area contributed by atoms with Gasteiger partial charge in [0.1, 0.15) is 0 Å². The molecule has 0 aromatic heterocycles. The third-order valence-electron chi connectivity index (χ3n) is 1.91. The number of nitrogens with zero attached hydrogens (tertiary/aromatic N) is 1. The maximum atomic E-state index is 12.4. The molecule has 1 aromatic rings. The van der Waals surface area contributed by atoms with Gasteiger partial charge in [-0.25, -0.2) is 4.79 Å². The Morgan fingerprint density at radius 2 is 1.76 bits per heavy atom. The van der Waals surface area contributed by atoms with E-state index in [0.717, 1.165) is 6.07 Å². The van der Waals surface area contributed by atoms with Crippen molar-refractivity contribution in [3.05, 3.63) is 34.9 Å². The maximum absolute atomic E-state index is 12.4. The second-order valence-electron chi connectivity index (χ2n) is 3.09. The highest BCUT2D eigenvalue weighted by molar-refractivity contribution is 5.99. The van der Waals surface area contributed by atoms with Crippen molar-refractivity contribution >= 4 is 11.8 Å². The number of hydrogen-bond donors (Lipinski definition) is 3. The van der Waals surface area contributed by atoms with Crippen LogP contribution in [0.1, 0.15) is 21.5 Å². The molecule has 5 nitrogen and oxygen atoms in total. The Morgan fingerprint density at radius 1 is 1.24 bits per heavy atom. The number of halogens is 3. The summed E-state index contributed by atoms with van der Waals surface area (Å²) in [4.78, 5) is 10.6. The number of carboxylic acids is 1. The topological polar surface area (TPSA) is 95.9 Å². The number of amidine groups is 1. The molecule has 1 aromatic carbocycles. The molecule has 1 rings (SSSR count). The molecule has 0 heterocycles. The minimum atomic E-state index is -4.71. The van der Waals surface area contributed by atoms with Gasteiger partial charge in [-0.2, -0.15) is 13.2 Å². The van der Waals surface area contributed by atoms with E-state index >= 15 is 0 Å². The summed E-state index contributed by atoms with van der Waals surface area (Å²) in [5.41, 5.74) is 3.02. The van der Waals surface area contributed by atoms with Gasteiger partial charge in [0.25, 0.3) is 0 Å². The van der Waals surface area contributed by atoms with Crippen LogP contribution in [0, 0.1) is 0 Å². The van der Waals surface area contributed by atoms with Crippen molar-refractivity contribution in [2.75, 3.05) is 0 Å². The minimum absolute atomic E-state index is 0.320. The van der Waals surface area contributed by atoms with Gasteiger partial charge in [-0.1, -0.05) is 5.16 Å². The van der Waals surface area contributed by atoms with Crippen molar-refractivity contribution in [1.29, 1.82) is 0 Å². The fraction of sp³-hybridized carbons (Fsp3) is 0.111. The summed E-state index contributed by atoms with van der Waals surface area (Å²) in [5.74, 6) is -2.14. The number of carbonyl (C=O) groups is 1. The average molecular weight is 248 g/mol. The van der Waals surface area contributed by atoms with E-state index in [1.165, 1.54) is 0 Å². The molecule has 0 amide bonds. The van der Waals surface area contributed by atoms with Gasteiger partial charge in [0.05, 0.1) is 11.1 Å². The number of carboxylic acid groups (broad SMARTS) is 1. The Balaban J connectivity index is 3.45. The number of rotatable bonds is 2. The monoisotopic (exact) mass is 248 g/mol. The standard InChI is InChI=1S/C9H7F3N2O3/c10-9(11,12)6-2-4(7(13)14-17)1-5(3-6)8(15)16/h1-3,17H,(H2,13,14)(H,15,16). The van der Waals surface area contributed by atoms with Crippen LogP contribution in [0.25, 0.3) is 0 Å². The fourth-order valence-corrected chi connectivity index (χ4v) is 1.12. The van der Waals surface area contributed by atoms with Crippen LogP contribution in [0.2, 0.25) is 0 Å².